The maximum absolute atomic E-state index is 12.7. The molecule has 1 aromatic carbocycles. The summed E-state index contributed by atoms with van der Waals surface area (Å²) in [6.07, 6.45) is 0. The Bertz CT molecular complexity index is 311. The molecule has 4 heteroatoms. The molecule has 0 aromatic heterocycles. The molecule has 0 amide bonds. The summed E-state index contributed by atoms with van der Waals surface area (Å²) in [5.41, 5.74) is 5.55. The number of amidine groups is 1. The SMILES string of the molecule is CC(F)(F)c1ccc(C(=N)N)cc1. The fourth-order valence-corrected chi connectivity index (χ4v) is 0.942. The van der Waals surface area contributed by atoms with Crippen molar-refractivity contribution >= 4 is 5.84 Å². The van der Waals surface area contributed by atoms with Gasteiger partial charge in [-0.3, -0.25) is 5.41 Å². The lowest BCUT2D eigenvalue weighted by Crippen LogP contribution is -2.12. The molecule has 0 fully saturated rings. The highest BCUT2D eigenvalue weighted by molar-refractivity contribution is 5.94. The standard InChI is InChI=1S/C9H10F2N2/c1-9(10,11)7-4-2-6(3-5-7)8(12)13/h2-5H,1H3,(H3,12,13). The minimum atomic E-state index is -2.84. The molecule has 0 aliphatic heterocycles. The third kappa shape index (κ3) is 2.24. The summed E-state index contributed by atoms with van der Waals surface area (Å²) in [6.45, 7) is 0.829. The Morgan fingerprint density at radius 2 is 1.77 bits per heavy atom. The highest BCUT2D eigenvalue weighted by Gasteiger charge is 2.23. The molecule has 1 aromatic rings. The monoisotopic (exact) mass is 184 g/mol. The first kappa shape index (κ1) is 9.64. The quantitative estimate of drug-likeness (QED) is 0.536. The van der Waals surface area contributed by atoms with Gasteiger partial charge in [-0.25, -0.2) is 8.78 Å². The van der Waals surface area contributed by atoms with E-state index in [-0.39, 0.29) is 11.4 Å². The van der Waals surface area contributed by atoms with Crippen molar-refractivity contribution in [1.82, 2.24) is 0 Å². The van der Waals surface area contributed by atoms with Crippen LogP contribution in [0.2, 0.25) is 0 Å². The summed E-state index contributed by atoms with van der Waals surface area (Å²) in [7, 11) is 0. The second-order valence-corrected chi connectivity index (χ2v) is 2.88. The van der Waals surface area contributed by atoms with Gasteiger partial charge in [0.25, 0.3) is 5.92 Å². The molecule has 0 heterocycles. The van der Waals surface area contributed by atoms with Crippen LogP contribution in [0, 0.1) is 5.41 Å². The second-order valence-electron chi connectivity index (χ2n) is 2.88. The average Bonchev–Trinajstić information content (AvgIpc) is 2.03. The zero-order chi connectivity index (χ0) is 10.1. The van der Waals surface area contributed by atoms with Crippen LogP contribution >= 0.6 is 0 Å². The summed E-state index contributed by atoms with van der Waals surface area (Å²) >= 11 is 0. The predicted molar refractivity (Wildman–Crippen MR) is 47.0 cm³/mol. The summed E-state index contributed by atoms with van der Waals surface area (Å²) < 4.78 is 25.4. The summed E-state index contributed by atoms with van der Waals surface area (Å²) in [5.74, 6) is -2.96. The van der Waals surface area contributed by atoms with Crippen LogP contribution in [0.4, 0.5) is 8.78 Å². The minimum Gasteiger partial charge on any atom is -0.384 e. The van der Waals surface area contributed by atoms with Crippen LogP contribution in [0.3, 0.4) is 0 Å². The van der Waals surface area contributed by atoms with Gasteiger partial charge < -0.3 is 5.73 Å². The molecule has 0 spiro atoms. The van der Waals surface area contributed by atoms with E-state index in [9.17, 15) is 8.78 Å². The number of benzene rings is 1. The van der Waals surface area contributed by atoms with Crippen LogP contribution in [-0.4, -0.2) is 5.84 Å². The number of rotatable bonds is 2. The number of nitrogens with two attached hydrogens (primary N) is 1. The lowest BCUT2D eigenvalue weighted by Gasteiger charge is -2.10. The molecule has 0 aliphatic rings. The Hall–Kier alpha value is -1.45. The second kappa shape index (κ2) is 3.12. The Kier molecular flexibility index (Phi) is 2.32. The molecule has 0 aliphatic carbocycles. The Labute approximate surface area is 74.9 Å². The van der Waals surface area contributed by atoms with Gasteiger partial charge in [0, 0.05) is 18.1 Å². The minimum absolute atomic E-state index is 0.0718. The van der Waals surface area contributed by atoms with Gasteiger partial charge in [0.05, 0.1) is 0 Å². The van der Waals surface area contributed by atoms with E-state index < -0.39 is 5.92 Å². The van der Waals surface area contributed by atoms with Crippen LogP contribution < -0.4 is 5.73 Å². The van der Waals surface area contributed by atoms with Crippen molar-refractivity contribution in [3.05, 3.63) is 35.4 Å². The molecular formula is C9H10F2N2. The fraction of sp³-hybridized carbons (Fsp3) is 0.222. The van der Waals surface area contributed by atoms with Crippen molar-refractivity contribution in [3.63, 3.8) is 0 Å². The van der Waals surface area contributed by atoms with E-state index in [2.05, 4.69) is 0 Å². The molecule has 3 N–H and O–H groups in total. The highest BCUT2D eigenvalue weighted by atomic mass is 19.3. The van der Waals surface area contributed by atoms with Crippen molar-refractivity contribution in [2.24, 2.45) is 5.73 Å². The van der Waals surface area contributed by atoms with Crippen LogP contribution in [0.25, 0.3) is 0 Å². The van der Waals surface area contributed by atoms with Gasteiger partial charge in [-0.05, 0) is 0 Å². The molecule has 2 nitrogen and oxygen atoms in total. The molecule has 0 atom stereocenters. The van der Waals surface area contributed by atoms with Crippen LogP contribution in [0.15, 0.2) is 24.3 Å². The zero-order valence-electron chi connectivity index (χ0n) is 7.14. The van der Waals surface area contributed by atoms with Crippen molar-refractivity contribution in [1.29, 1.82) is 5.41 Å². The maximum Gasteiger partial charge on any atom is 0.270 e. The molecule has 70 valence electrons. The van der Waals surface area contributed by atoms with Crippen molar-refractivity contribution < 1.29 is 8.78 Å². The summed E-state index contributed by atoms with van der Waals surface area (Å²) in [6, 6.07) is 5.37. The third-order valence-corrected chi connectivity index (χ3v) is 1.70. The van der Waals surface area contributed by atoms with Crippen molar-refractivity contribution in [2.75, 3.05) is 0 Å². The van der Waals surface area contributed by atoms with E-state index in [1.165, 1.54) is 24.3 Å². The molecule has 0 unspecified atom stereocenters. The van der Waals surface area contributed by atoms with Gasteiger partial charge in [0.1, 0.15) is 5.84 Å². The molecular weight excluding hydrogens is 174 g/mol. The number of nitrogens with one attached hydrogen (secondary N) is 1. The maximum atomic E-state index is 12.7. The van der Waals surface area contributed by atoms with Gasteiger partial charge in [-0.1, -0.05) is 24.3 Å². The first-order valence-corrected chi connectivity index (χ1v) is 3.74. The van der Waals surface area contributed by atoms with Gasteiger partial charge in [0.15, 0.2) is 0 Å². The van der Waals surface area contributed by atoms with E-state index in [1.54, 1.807) is 0 Å². The Balaban J connectivity index is 3.01. The first-order valence-electron chi connectivity index (χ1n) is 3.74. The van der Waals surface area contributed by atoms with Crippen molar-refractivity contribution in [2.45, 2.75) is 12.8 Å². The zero-order valence-corrected chi connectivity index (χ0v) is 7.14. The number of alkyl halides is 2. The summed E-state index contributed by atoms with van der Waals surface area (Å²) in [5, 5.41) is 7.05. The first-order chi connectivity index (χ1) is 5.91. The lowest BCUT2D eigenvalue weighted by molar-refractivity contribution is 0.0175. The van der Waals surface area contributed by atoms with E-state index in [0.717, 1.165) is 6.92 Å². The molecule has 1 rings (SSSR count). The van der Waals surface area contributed by atoms with Crippen molar-refractivity contribution in [3.8, 4) is 0 Å². The molecule has 13 heavy (non-hydrogen) atoms. The van der Waals surface area contributed by atoms with Gasteiger partial charge in [-0.2, -0.15) is 0 Å². The molecule has 0 radical (unpaired) electrons. The van der Waals surface area contributed by atoms with E-state index >= 15 is 0 Å². The van der Waals surface area contributed by atoms with E-state index in [4.69, 9.17) is 11.1 Å². The largest absolute Gasteiger partial charge is 0.384 e. The van der Waals surface area contributed by atoms with E-state index in [0.29, 0.717) is 5.56 Å². The van der Waals surface area contributed by atoms with Gasteiger partial charge in [-0.15, -0.1) is 0 Å². The number of hydrogen-bond donors (Lipinski definition) is 2. The molecule has 0 saturated carbocycles. The third-order valence-electron chi connectivity index (χ3n) is 1.70. The summed E-state index contributed by atoms with van der Waals surface area (Å²) in [4.78, 5) is 0. The van der Waals surface area contributed by atoms with Crippen LogP contribution in [0.1, 0.15) is 18.1 Å². The smallest absolute Gasteiger partial charge is 0.270 e. The average molecular weight is 184 g/mol. The number of hydrogen-bond acceptors (Lipinski definition) is 1. The topological polar surface area (TPSA) is 49.9 Å². The normalized spacial score (nSPS) is 11.3. The molecule has 0 saturated heterocycles. The van der Waals surface area contributed by atoms with Crippen LogP contribution in [0.5, 0.6) is 0 Å². The molecule has 0 bridgehead atoms. The fourth-order valence-electron chi connectivity index (χ4n) is 0.942. The van der Waals surface area contributed by atoms with Crippen LogP contribution in [-0.2, 0) is 5.92 Å². The Morgan fingerprint density at radius 1 is 1.31 bits per heavy atom. The van der Waals surface area contributed by atoms with E-state index in [1.807, 2.05) is 0 Å². The predicted octanol–water partition coefficient (Wildman–Crippen LogP) is 2.08. The van der Waals surface area contributed by atoms with Gasteiger partial charge >= 0.3 is 0 Å². The number of nitrogen functional groups attached to an aromatic ring is 1. The van der Waals surface area contributed by atoms with Gasteiger partial charge in [0.2, 0.25) is 0 Å². The lowest BCUT2D eigenvalue weighted by atomic mass is 10.1. The number of halogens is 2. The Morgan fingerprint density at radius 3 is 2.08 bits per heavy atom. The highest BCUT2D eigenvalue weighted by Crippen LogP contribution is 2.26.